The minimum absolute atomic E-state index is 0.0346. The second-order valence-electron chi connectivity index (χ2n) is 6.54. The maximum atomic E-state index is 14.2. The van der Waals surface area contributed by atoms with E-state index in [2.05, 4.69) is 15.5 Å². The lowest BCUT2D eigenvalue weighted by molar-refractivity contribution is 0.192. The largest absolute Gasteiger partial charge is 0.491 e. The number of urea groups is 1. The number of aromatic amines is 1. The average Bonchev–Trinajstić information content (AvgIpc) is 3.11. The molecular weight excluding hydrogens is 323 g/mol. The van der Waals surface area contributed by atoms with Crippen molar-refractivity contribution in [2.45, 2.75) is 38.7 Å². The van der Waals surface area contributed by atoms with Gasteiger partial charge in [0.05, 0.1) is 11.8 Å². The van der Waals surface area contributed by atoms with Crippen LogP contribution >= 0.6 is 0 Å². The number of carbonyl (C=O) groups excluding carboxylic acids is 1. The number of anilines is 1. The van der Waals surface area contributed by atoms with E-state index >= 15 is 0 Å². The van der Waals surface area contributed by atoms with Gasteiger partial charge >= 0.3 is 6.03 Å². The van der Waals surface area contributed by atoms with Crippen molar-refractivity contribution in [2.75, 3.05) is 18.4 Å². The first-order chi connectivity index (χ1) is 12.0. The zero-order valence-electron chi connectivity index (χ0n) is 14.5. The number of halogens is 1. The zero-order chi connectivity index (χ0) is 17.8. The van der Waals surface area contributed by atoms with Gasteiger partial charge in [-0.1, -0.05) is 0 Å². The highest BCUT2D eigenvalue weighted by atomic mass is 19.1. The molecule has 1 aromatic heterocycles. The van der Waals surface area contributed by atoms with E-state index in [9.17, 15) is 9.18 Å². The van der Waals surface area contributed by atoms with Crippen molar-refractivity contribution < 1.29 is 13.9 Å². The van der Waals surface area contributed by atoms with Crippen LogP contribution in [0.4, 0.5) is 14.9 Å². The maximum Gasteiger partial charge on any atom is 0.321 e. The first kappa shape index (κ1) is 17.3. The zero-order valence-corrected chi connectivity index (χ0v) is 14.5. The Morgan fingerprint density at radius 3 is 2.96 bits per heavy atom. The first-order valence-corrected chi connectivity index (χ1v) is 8.54. The highest BCUT2D eigenvalue weighted by Crippen LogP contribution is 2.26. The molecule has 0 radical (unpaired) electrons. The summed E-state index contributed by atoms with van der Waals surface area (Å²) >= 11 is 0. The second kappa shape index (κ2) is 7.55. The highest BCUT2D eigenvalue weighted by molar-refractivity contribution is 5.89. The van der Waals surface area contributed by atoms with Crippen LogP contribution in [0, 0.1) is 5.82 Å². The van der Waals surface area contributed by atoms with Crippen molar-refractivity contribution >= 4 is 11.7 Å². The molecule has 1 saturated heterocycles. The fourth-order valence-electron chi connectivity index (χ4n) is 3.05. The van der Waals surface area contributed by atoms with Gasteiger partial charge in [0.1, 0.15) is 11.6 Å². The Morgan fingerprint density at radius 1 is 1.44 bits per heavy atom. The summed E-state index contributed by atoms with van der Waals surface area (Å²) < 4.78 is 19.7. The van der Waals surface area contributed by atoms with E-state index in [-0.39, 0.29) is 23.7 Å². The number of piperidine rings is 1. The number of aromatic nitrogens is 2. The number of benzene rings is 1. The molecular formula is C18H23FN4O2. The number of hydrogen-bond acceptors (Lipinski definition) is 3. The summed E-state index contributed by atoms with van der Waals surface area (Å²) in [6, 6.07) is 6.11. The third-order valence-electron chi connectivity index (χ3n) is 4.22. The van der Waals surface area contributed by atoms with Gasteiger partial charge < -0.3 is 15.0 Å². The van der Waals surface area contributed by atoms with Crippen LogP contribution in [0.15, 0.2) is 30.5 Å². The normalized spacial score (nSPS) is 17.6. The van der Waals surface area contributed by atoms with E-state index in [0.717, 1.165) is 18.5 Å². The number of ether oxygens (including phenoxy) is 1. The number of nitrogens with one attached hydrogen (secondary N) is 2. The topological polar surface area (TPSA) is 70.2 Å². The van der Waals surface area contributed by atoms with Crippen LogP contribution in [-0.2, 0) is 0 Å². The molecule has 2 N–H and O–H groups in total. The Labute approximate surface area is 146 Å². The SMILES string of the molecule is CC(C)Oc1ccc(NC(=O)N2CCCC(c3ccn[nH]3)C2)c(F)c1. The molecule has 134 valence electrons. The Morgan fingerprint density at radius 2 is 2.28 bits per heavy atom. The Balaban J connectivity index is 1.63. The third-order valence-corrected chi connectivity index (χ3v) is 4.22. The summed E-state index contributed by atoms with van der Waals surface area (Å²) in [6.45, 7) is 5.00. The van der Waals surface area contributed by atoms with Crippen molar-refractivity contribution in [3.63, 3.8) is 0 Å². The highest BCUT2D eigenvalue weighted by Gasteiger charge is 2.26. The lowest BCUT2D eigenvalue weighted by Crippen LogP contribution is -2.41. The van der Waals surface area contributed by atoms with Crippen molar-refractivity contribution in [3.05, 3.63) is 42.0 Å². The molecule has 7 heteroatoms. The number of hydrogen-bond donors (Lipinski definition) is 2. The monoisotopic (exact) mass is 346 g/mol. The summed E-state index contributed by atoms with van der Waals surface area (Å²) in [4.78, 5) is 14.2. The maximum absolute atomic E-state index is 14.2. The van der Waals surface area contributed by atoms with Crippen LogP contribution in [0.5, 0.6) is 5.75 Å². The van der Waals surface area contributed by atoms with Gasteiger partial charge in [0, 0.05) is 37.0 Å². The van der Waals surface area contributed by atoms with Gasteiger partial charge in [-0.25, -0.2) is 9.18 Å². The Hall–Kier alpha value is -2.57. The number of rotatable bonds is 4. The minimum Gasteiger partial charge on any atom is -0.491 e. The number of H-pyrrole nitrogens is 1. The molecule has 0 spiro atoms. The molecule has 1 aliphatic rings. The van der Waals surface area contributed by atoms with Gasteiger partial charge in [-0.15, -0.1) is 0 Å². The van der Waals surface area contributed by atoms with Crippen molar-refractivity contribution in [1.29, 1.82) is 0 Å². The van der Waals surface area contributed by atoms with Crippen LogP contribution < -0.4 is 10.1 Å². The molecule has 2 amide bonds. The molecule has 0 saturated carbocycles. The Bertz CT molecular complexity index is 718. The predicted octanol–water partition coefficient (Wildman–Crippen LogP) is 3.75. The van der Waals surface area contributed by atoms with Gasteiger partial charge in [-0.3, -0.25) is 5.10 Å². The van der Waals surface area contributed by atoms with Crippen LogP contribution in [0.3, 0.4) is 0 Å². The van der Waals surface area contributed by atoms with Gasteiger partial charge in [-0.2, -0.15) is 5.10 Å². The van der Waals surface area contributed by atoms with Crippen molar-refractivity contribution in [3.8, 4) is 5.75 Å². The van der Waals surface area contributed by atoms with E-state index in [0.29, 0.717) is 18.8 Å². The number of amides is 2. The number of nitrogens with zero attached hydrogens (tertiary/aromatic N) is 2. The summed E-state index contributed by atoms with van der Waals surface area (Å²) in [7, 11) is 0. The van der Waals surface area contributed by atoms with Crippen LogP contribution in [0.25, 0.3) is 0 Å². The summed E-state index contributed by atoms with van der Waals surface area (Å²) in [5, 5.41) is 9.59. The molecule has 1 atom stereocenters. The van der Waals surface area contributed by atoms with E-state index in [1.807, 2.05) is 19.9 Å². The van der Waals surface area contributed by atoms with E-state index in [1.165, 1.54) is 12.1 Å². The van der Waals surface area contributed by atoms with Gasteiger partial charge in [0.2, 0.25) is 0 Å². The average molecular weight is 346 g/mol. The fraction of sp³-hybridized carbons (Fsp3) is 0.444. The second-order valence-corrected chi connectivity index (χ2v) is 6.54. The third kappa shape index (κ3) is 4.29. The number of carbonyl (C=O) groups is 1. The first-order valence-electron chi connectivity index (χ1n) is 8.54. The van der Waals surface area contributed by atoms with Gasteiger partial charge in [0.25, 0.3) is 0 Å². The summed E-state index contributed by atoms with van der Waals surface area (Å²) in [5.41, 5.74) is 1.18. The smallest absolute Gasteiger partial charge is 0.321 e. The molecule has 0 bridgehead atoms. The predicted molar refractivity (Wildman–Crippen MR) is 93.3 cm³/mol. The summed E-state index contributed by atoms with van der Waals surface area (Å²) in [6.07, 6.45) is 3.58. The summed E-state index contributed by atoms with van der Waals surface area (Å²) in [5.74, 6) is 0.171. The van der Waals surface area contributed by atoms with Crippen LogP contribution in [0.2, 0.25) is 0 Å². The lowest BCUT2D eigenvalue weighted by atomic mass is 9.95. The molecule has 2 heterocycles. The van der Waals surface area contributed by atoms with E-state index in [4.69, 9.17) is 4.74 Å². The molecule has 1 aliphatic heterocycles. The Kier molecular flexibility index (Phi) is 5.21. The van der Waals surface area contributed by atoms with Crippen LogP contribution in [-0.4, -0.2) is 40.3 Å². The van der Waals surface area contributed by atoms with E-state index < -0.39 is 5.82 Å². The molecule has 6 nitrogen and oxygen atoms in total. The van der Waals surface area contributed by atoms with Crippen LogP contribution in [0.1, 0.15) is 38.3 Å². The molecule has 1 fully saturated rings. The standard InChI is InChI=1S/C18H23FN4O2/c1-12(2)25-14-5-6-17(15(19)10-14)21-18(24)23-9-3-4-13(11-23)16-7-8-20-22-16/h5-8,10,12-13H,3-4,9,11H2,1-2H3,(H,20,22)(H,21,24). The van der Waals surface area contributed by atoms with Crippen molar-refractivity contribution in [1.82, 2.24) is 15.1 Å². The molecule has 1 aromatic carbocycles. The number of likely N-dealkylation sites (tertiary alicyclic amines) is 1. The molecule has 25 heavy (non-hydrogen) atoms. The van der Waals surface area contributed by atoms with Crippen molar-refractivity contribution in [2.24, 2.45) is 0 Å². The van der Waals surface area contributed by atoms with Gasteiger partial charge in [0.15, 0.2) is 0 Å². The molecule has 2 aromatic rings. The van der Waals surface area contributed by atoms with Gasteiger partial charge in [-0.05, 0) is 44.9 Å². The minimum atomic E-state index is -0.506. The molecule has 3 rings (SSSR count). The molecule has 0 aliphatic carbocycles. The molecule has 1 unspecified atom stereocenters. The fourth-order valence-corrected chi connectivity index (χ4v) is 3.05. The van der Waals surface area contributed by atoms with E-state index in [1.54, 1.807) is 17.2 Å². The quantitative estimate of drug-likeness (QED) is 0.886. The lowest BCUT2D eigenvalue weighted by Gasteiger charge is -2.32.